The van der Waals surface area contributed by atoms with E-state index in [-0.39, 0.29) is 18.6 Å². The first-order valence-corrected chi connectivity index (χ1v) is 7.97. The number of carboxylic acid groups (broad SMARTS) is 1. The normalized spacial score (nSPS) is 20.7. The predicted molar refractivity (Wildman–Crippen MR) is 84.0 cm³/mol. The topological polar surface area (TPSA) is 82.3 Å². The highest BCUT2D eigenvalue weighted by molar-refractivity contribution is 5.67. The molecule has 0 unspecified atom stereocenters. The van der Waals surface area contributed by atoms with Gasteiger partial charge in [0.1, 0.15) is 6.61 Å². The molecule has 1 aliphatic carbocycles. The summed E-state index contributed by atoms with van der Waals surface area (Å²) in [4.78, 5) is 10.4. The standard InChI is InChI=1S/C17H19F3N2O3/c18-17(19,20)15-7-14(6-3-12(15)8-21)22-13-4-1-11(2-5-13)9-25-10-16(23)24/h3,6-7,11,13,22H,1-2,4-5,9-10H2,(H,23,24). The summed E-state index contributed by atoms with van der Waals surface area (Å²) in [6.07, 6.45) is -1.40. The lowest BCUT2D eigenvalue weighted by Gasteiger charge is -2.29. The molecule has 136 valence electrons. The molecule has 0 saturated heterocycles. The lowest BCUT2D eigenvalue weighted by atomic mass is 9.86. The Morgan fingerprint density at radius 3 is 2.56 bits per heavy atom. The van der Waals surface area contributed by atoms with Crippen LogP contribution < -0.4 is 5.32 Å². The van der Waals surface area contributed by atoms with Crippen LogP contribution in [0.25, 0.3) is 0 Å². The average Bonchev–Trinajstić information content (AvgIpc) is 2.55. The fraction of sp³-hybridized carbons (Fsp3) is 0.529. The van der Waals surface area contributed by atoms with Crippen LogP contribution in [0.15, 0.2) is 18.2 Å². The van der Waals surface area contributed by atoms with Crippen molar-refractivity contribution in [1.82, 2.24) is 0 Å². The van der Waals surface area contributed by atoms with E-state index in [1.54, 1.807) is 6.07 Å². The first-order chi connectivity index (χ1) is 11.8. The van der Waals surface area contributed by atoms with Crippen molar-refractivity contribution in [1.29, 1.82) is 5.26 Å². The number of halogens is 3. The third kappa shape index (κ3) is 5.64. The minimum absolute atomic E-state index is 0.0461. The molecule has 0 spiro atoms. The van der Waals surface area contributed by atoms with E-state index in [0.29, 0.717) is 12.3 Å². The molecule has 8 heteroatoms. The molecule has 0 atom stereocenters. The molecular weight excluding hydrogens is 337 g/mol. The minimum Gasteiger partial charge on any atom is -0.480 e. The number of aliphatic carboxylic acids is 1. The summed E-state index contributed by atoms with van der Waals surface area (Å²) in [5, 5.41) is 20.4. The predicted octanol–water partition coefficient (Wildman–Crippen LogP) is 3.65. The van der Waals surface area contributed by atoms with E-state index in [1.807, 2.05) is 0 Å². The Bertz CT molecular complexity index is 648. The van der Waals surface area contributed by atoms with Gasteiger partial charge in [-0.25, -0.2) is 4.79 Å². The van der Waals surface area contributed by atoms with Gasteiger partial charge in [-0.3, -0.25) is 0 Å². The molecule has 2 N–H and O–H groups in total. The Kier molecular flexibility index (Phi) is 6.26. The smallest absolute Gasteiger partial charge is 0.417 e. The molecule has 0 bridgehead atoms. The van der Waals surface area contributed by atoms with Crippen LogP contribution in [-0.2, 0) is 15.7 Å². The summed E-state index contributed by atoms with van der Waals surface area (Å²) in [5.74, 6) is -0.735. The third-order valence-electron chi connectivity index (χ3n) is 4.24. The average molecular weight is 356 g/mol. The fourth-order valence-corrected chi connectivity index (χ4v) is 2.99. The molecule has 1 aliphatic rings. The van der Waals surface area contributed by atoms with Gasteiger partial charge in [-0.1, -0.05) is 0 Å². The number of anilines is 1. The first-order valence-electron chi connectivity index (χ1n) is 7.97. The van der Waals surface area contributed by atoms with Gasteiger partial charge in [0.05, 0.1) is 23.8 Å². The Morgan fingerprint density at radius 2 is 2.00 bits per heavy atom. The largest absolute Gasteiger partial charge is 0.480 e. The maximum atomic E-state index is 13.0. The summed E-state index contributed by atoms with van der Waals surface area (Å²) in [5.41, 5.74) is -0.981. The number of carboxylic acids is 1. The number of alkyl halides is 3. The quantitative estimate of drug-likeness (QED) is 0.813. The second-order valence-corrected chi connectivity index (χ2v) is 6.14. The van der Waals surface area contributed by atoms with Gasteiger partial charge in [0.25, 0.3) is 0 Å². The fourth-order valence-electron chi connectivity index (χ4n) is 2.99. The lowest BCUT2D eigenvalue weighted by Crippen LogP contribution is -2.28. The first kappa shape index (κ1) is 19.1. The van der Waals surface area contributed by atoms with E-state index in [0.717, 1.165) is 31.7 Å². The summed E-state index contributed by atoms with van der Waals surface area (Å²) in [6.45, 7) is 0.0672. The molecule has 0 amide bonds. The van der Waals surface area contributed by atoms with Gasteiger partial charge in [-0.15, -0.1) is 0 Å². The summed E-state index contributed by atoms with van der Waals surface area (Å²) in [7, 11) is 0. The lowest BCUT2D eigenvalue weighted by molar-refractivity contribution is -0.142. The number of rotatable bonds is 6. The number of benzene rings is 1. The molecule has 1 aromatic carbocycles. The molecule has 1 fully saturated rings. The van der Waals surface area contributed by atoms with Gasteiger partial charge in [-0.2, -0.15) is 18.4 Å². The highest BCUT2D eigenvalue weighted by atomic mass is 19.4. The van der Waals surface area contributed by atoms with Gasteiger partial charge >= 0.3 is 12.1 Å². The molecule has 1 saturated carbocycles. The van der Waals surface area contributed by atoms with Crippen LogP contribution >= 0.6 is 0 Å². The Morgan fingerprint density at radius 1 is 1.32 bits per heavy atom. The summed E-state index contributed by atoms with van der Waals surface area (Å²) < 4.78 is 44.0. The molecule has 25 heavy (non-hydrogen) atoms. The van der Waals surface area contributed by atoms with E-state index in [9.17, 15) is 18.0 Å². The second-order valence-electron chi connectivity index (χ2n) is 6.14. The maximum absolute atomic E-state index is 13.0. The van der Waals surface area contributed by atoms with Gasteiger partial charge in [0.2, 0.25) is 0 Å². The number of carbonyl (C=O) groups is 1. The number of hydrogen-bond acceptors (Lipinski definition) is 4. The number of hydrogen-bond donors (Lipinski definition) is 2. The Balaban J connectivity index is 1.90. The van der Waals surface area contributed by atoms with Gasteiger partial charge < -0.3 is 15.2 Å². The zero-order chi connectivity index (χ0) is 18.4. The number of ether oxygens (including phenoxy) is 1. The second kappa shape index (κ2) is 8.21. The molecular formula is C17H19F3N2O3. The zero-order valence-electron chi connectivity index (χ0n) is 13.5. The van der Waals surface area contributed by atoms with Crippen molar-refractivity contribution in [3.63, 3.8) is 0 Å². The molecule has 0 radical (unpaired) electrons. The van der Waals surface area contributed by atoms with E-state index in [2.05, 4.69) is 5.32 Å². The molecule has 2 rings (SSSR count). The van der Waals surface area contributed by atoms with Crippen LogP contribution in [0.1, 0.15) is 36.8 Å². The Labute approximate surface area is 143 Å². The van der Waals surface area contributed by atoms with Crippen molar-refractivity contribution >= 4 is 11.7 Å². The number of nitrogens with one attached hydrogen (secondary N) is 1. The molecule has 0 aliphatic heterocycles. The third-order valence-corrected chi connectivity index (χ3v) is 4.24. The number of nitrogens with zero attached hydrogens (tertiary/aromatic N) is 1. The highest BCUT2D eigenvalue weighted by Crippen LogP contribution is 2.34. The minimum atomic E-state index is -4.57. The van der Waals surface area contributed by atoms with E-state index in [4.69, 9.17) is 15.1 Å². The van der Waals surface area contributed by atoms with Crippen LogP contribution in [0.5, 0.6) is 0 Å². The van der Waals surface area contributed by atoms with Crippen LogP contribution in [0.2, 0.25) is 0 Å². The van der Waals surface area contributed by atoms with Crippen molar-refractivity contribution in [3.8, 4) is 6.07 Å². The van der Waals surface area contributed by atoms with Crippen LogP contribution in [0.3, 0.4) is 0 Å². The summed E-state index contributed by atoms with van der Waals surface area (Å²) >= 11 is 0. The van der Waals surface area contributed by atoms with E-state index < -0.39 is 23.3 Å². The van der Waals surface area contributed by atoms with Gasteiger partial charge in [0.15, 0.2) is 0 Å². The van der Waals surface area contributed by atoms with Crippen molar-refractivity contribution in [3.05, 3.63) is 29.3 Å². The maximum Gasteiger partial charge on any atom is 0.417 e. The molecule has 0 heterocycles. The SMILES string of the molecule is N#Cc1ccc(NC2CCC(COCC(=O)O)CC2)cc1C(F)(F)F. The monoisotopic (exact) mass is 356 g/mol. The van der Waals surface area contributed by atoms with Crippen LogP contribution in [-0.4, -0.2) is 30.3 Å². The highest BCUT2D eigenvalue weighted by Gasteiger charge is 2.34. The van der Waals surface area contributed by atoms with Crippen LogP contribution in [0.4, 0.5) is 18.9 Å². The van der Waals surface area contributed by atoms with Crippen LogP contribution in [0, 0.1) is 17.2 Å². The van der Waals surface area contributed by atoms with Gasteiger partial charge in [0, 0.05) is 11.7 Å². The molecule has 5 nitrogen and oxygen atoms in total. The molecule has 0 aromatic heterocycles. The van der Waals surface area contributed by atoms with Crippen molar-refractivity contribution < 1.29 is 27.8 Å². The Hall–Kier alpha value is -2.27. The van der Waals surface area contributed by atoms with Crippen molar-refractivity contribution in [2.75, 3.05) is 18.5 Å². The molecule has 1 aromatic rings. The number of nitriles is 1. The van der Waals surface area contributed by atoms with Crippen molar-refractivity contribution in [2.45, 2.75) is 37.9 Å². The van der Waals surface area contributed by atoms with Gasteiger partial charge in [-0.05, 0) is 49.8 Å². The summed E-state index contributed by atoms with van der Waals surface area (Å²) in [6, 6.07) is 5.24. The van der Waals surface area contributed by atoms with E-state index in [1.165, 1.54) is 12.1 Å². The van der Waals surface area contributed by atoms with E-state index >= 15 is 0 Å². The zero-order valence-corrected chi connectivity index (χ0v) is 13.5. The van der Waals surface area contributed by atoms with Crippen molar-refractivity contribution in [2.24, 2.45) is 5.92 Å².